The number of nitrogens with zero attached hydrogens (tertiary/aromatic N) is 2. The minimum atomic E-state index is -0.273. The Kier molecular flexibility index (Phi) is 2.49. The molecule has 0 unspecified atom stereocenters. The van der Waals surface area contributed by atoms with E-state index in [1.165, 1.54) is 10.8 Å². The zero-order chi connectivity index (χ0) is 10.7. The van der Waals surface area contributed by atoms with Crippen molar-refractivity contribution in [2.45, 2.75) is 6.54 Å². The molecule has 15 heavy (non-hydrogen) atoms. The molecule has 2 rings (SSSR count). The van der Waals surface area contributed by atoms with Crippen LogP contribution in [0.3, 0.4) is 0 Å². The smallest absolute Gasteiger partial charge is 0.347 e. The molecule has 0 fully saturated rings. The van der Waals surface area contributed by atoms with E-state index in [4.69, 9.17) is 5.11 Å². The Hall–Kier alpha value is -2.10. The van der Waals surface area contributed by atoms with Gasteiger partial charge in [-0.2, -0.15) is 0 Å². The highest BCUT2D eigenvalue weighted by Crippen LogP contribution is 2.09. The quantitative estimate of drug-likeness (QED) is 0.790. The fourth-order valence-electron chi connectivity index (χ4n) is 1.31. The minimum absolute atomic E-state index is 0.220. The predicted octanol–water partition coefficient (Wildman–Crippen LogP) is 0.997. The molecule has 1 aromatic heterocycles. The Morgan fingerprint density at radius 1 is 1.27 bits per heavy atom. The van der Waals surface area contributed by atoms with Crippen molar-refractivity contribution in [2.75, 3.05) is 0 Å². The summed E-state index contributed by atoms with van der Waals surface area (Å²) >= 11 is 0. The molecular formula is C11H10N2O2. The Balaban J connectivity index is 2.26. The maximum absolute atomic E-state index is 11.3. The Bertz CT molecular complexity index is 502. The lowest BCUT2D eigenvalue weighted by Crippen LogP contribution is -2.21. The Morgan fingerprint density at radius 3 is 2.67 bits per heavy atom. The molecule has 0 saturated carbocycles. The van der Waals surface area contributed by atoms with Crippen molar-refractivity contribution in [3.05, 3.63) is 58.8 Å². The van der Waals surface area contributed by atoms with Crippen LogP contribution in [0.1, 0.15) is 5.56 Å². The number of phenols is 1. The van der Waals surface area contributed by atoms with Gasteiger partial charge in [-0.15, -0.1) is 0 Å². The molecule has 0 amide bonds. The van der Waals surface area contributed by atoms with Crippen LogP contribution >= 0.6 is 0 Å². The number of aromatic nitrogens is 2. The van der Waals surface area contributed by atoms with E-state index >= 15 is 0 Å². The third-order valence-corrected chi connectivity index (χ3v) is 2.07. The molecule has 0 spiro atoms. The summed E-state index contributed by atoms with van der Waals surface area (Å²) in [5.41, 5.74) is 0.675. The zero-order valence-corrected chi connectivity index (χ0v) is 8.00. The molecule has 4 heteroatoms. The Labute approximate surface area is 86.5 Å². The molecule has 0 aliphatic carbocycles. The van der Waals surface area contributed by atoms with Crippen LogP contribution in [0.2, 0.25) is 0 Å². The van der Waals surface area contributed by atoms with Gasteiger partial charge in [-0.25, -0.2) is 9.78 Å². The van der Waals surface area contributed by atoms with Crippen molar-refractivity contribution in [3.63, 3.8) is 0 Å². The van der Waals surface area contributed by atoms with E-state index in [9.17, 15) is 4.79 Å². The summed E-state index contributed by atoms with van der Waals surface area (Å²) in [6.45, 7) is 0.465. The molecule has 1 N–H and O–H groups in total. The zero-order valence-electron chi connectivity index (χ0n) is 8.00. The summed E-state index contributed by atoms with van der Waals surface area (Å²) in [6, 6.07) is 8.44. The van der Waals surface area contributed by atoms with Crippen LogP contribution < -0.4 is 5.69 Å². The molecule has 4 nitrogen and oxygen atoms in total. The number of hydrogen-bond donors (Lipinski definition) is 1. The minimum Gasteiger partial charge on any atom is -0.508 e. The number of hydrogen-bond acceptors (Lipinski definition) is 3. The Morgan fingerprint density at radius 2 is 2.00 bits per heavy atom. The van der Waals surface area contributed by atoms with Gasteiger partial charge in [0, 0.05) is 12.4 Å². The maximum Gasteiger partial charge on any atom is 0.347 e. The van der Waals surface area contributed by atoms with Crippen LogP contribution in [0.4, 0.5) is 0 Å². The van der Waals surface area contributed by atoms with Gasteiger partial charge in [-0.05, 0) is 23.8 Å². The summed E-state index contributed by atoms with van der Waals surface area (Å²) in [6.07, 6.45) is 3.15. The second-order valence-corrected chi connectivity index (χ2v) is 3.20. The van der Waals surface area contributed by atoms with Crippen molar-refractivity contribution in [1.82, 2.24) is 9.55 Å². The summed E-state index contributed by atoms with van der Waals surface area (Å²) in [7, 11) is 0. The van der Waals surface area contributed by atoms with Crippen LogP contribution in [0.25, 0.3) is 0 Å². The van der Waals surface area contributed by atoms with E-state index in [0.717, 1.165) is 5.56 Å². The largest absolute Gasteiger partial charge is 0.508 e. The third kappa shape index (κ3) is 2.22. The van der Waals surface area contributed by atoms with Gasteiger partial charge in [0.05, 0.1) is 6.54 Å². The molecule has 0 aliphatic rings. The van der Waals surface area contributed by atoms with Crippen molar-refractivity contribution in [1.29, 1.82) is 0 Å². The normalized spacial score (nSPS) is 10.1. The molecule has 0 saturated heterocycles. The van der Waals surface area contributed by atoms with E-state index in [0.29, 0.717) is 6.54 Å². The van der Waals surface area contributed by atoms with Crippen LogP contribution in [0.15, 0.2) is 47.5 Å². The van der Waals surface area contributed by atoms with Crippen molar-refractivity contribution < 1.29 is 5.11 Å². The SMILES string of the molecule is O=c1ncccn1Cc1ccc(O)cc1. The first-order valence-corrected chi connectivity index (χ1v) is 4.55. The summed E-state index contributed by atoms with van der Waals surface area (Å²) in [5, 5.41) is 9.10. The molecule has 1 aromatic carbocycles. The van der Waals surface area contributed by atoms with Crippen molar-refractivity contribution in [2.24, 2.45) is 0 Å². The topological polar surface area (TPSA) is 55.1 Å². The fraction of sp³-hybridized carbons (Fsp3) is 0.0909. The lowest BCUT2D eigenvalue weighted by Gasteiger charge is -2.03. The van der Waals surface area contributed by atoms with Gasteiger partial charge in [-0.3, -0.25) is 4.57 Å². The molecule has 0 radical (unpaired) electrons. The van der Waals surface area contributed by atoms with Gasteiger partial charge in [0.15, 0.2) is 0 Å². The lowest BCUT2D eigenvalue weighted by molar-refractivity contribution is 0.475. The summed E-state index contributed by atoms with van der Waals surface area (Å²) in [5.74, 6) is 0.220. The number of phenolic OH excluding ortho intramolecular Hbond substituents is 1. The van der Waals surface area contributed by atoms with Gasteiger partial charge >= 0.3 is 5.69 Å². The first kappa shape index (κ1) is 9.45. The predicted molar refractivity (Wildman–Crippen MR) is 55.7 cm³/mol. The molecule has 0 bridgehead atoms. The van der Waals surface area contributed by atoms with Crippen LogP contribution in [-0.4, -0.2) is 14.7 Å². The van der Waals surface area contributed by atoms with Crippen LogP contribution in [0.5, 0.6) is 5.75 Å². The molecule has 2 aromatic rings. The standard InChI is InChI=1S/C11H10N2O2/c14-10-4-2-9(3-5-10)8-13-7-1-6-12-11(13)15/h1-7,14H,8H2. The number of benzene rings is 1. The monoisotopic (exact) mass is 202 g/mol. The van der Waals surface area contributed by atoms with E-state index < -0.39 is 0 Å². The van der Waals surface area contributed by atoms with Gasteiger partial charge in [-0.1, -0.05) is 12.1 Å². The molecule has 1 heterocycles. The molecule has 0 aliphatic heterocycles. The van der Waals surface area contributed by atoms with Gasteiger partial charge in [0.25, 0.3) is 0 Å². The van der Waals surface area contributed by atoms with Gasteiger partial charge in [0.1, 0.15) is 5.75 Å². The third-order valence-electron chi connectivity index (χ3n) is 2.07. The lowest BCUT2D eigenvalue weighted by atomic mass is 10.2. The van der Waals surface area contributed by atoms with Gasteiger partial charge in [0.2, 0.25) is 0 Å². The maximum atomic E-state index is 11.3. The first-order chi connectivity index (χ1) is 7.25. The number of rotatable bonds is 2. The van der Waals surface area contributed by atoms with E-state index in [1.54, 1.807) is 36.5 Å². The van der Waals surface area contributed by atoms with Crippen molar-refractivity contribution in [3.8, 4) is 5.75 Å². The summed E-state index contributed by atoms with van der Waals surface area (Å²) < 4.78 is 1.51. The van der Waals surface area contributed by atoms with Crippen molar-refractivity contribution >= 4 is 0 Å². The highest BCUT2D eigenvalue weighted by molar-refractivity contribution is 5.25. The highest BCUT2D eigenvalue weighted by Gasteiger charge is 1.97. The number of aromatic hydroxyl groups is 1. The second kappa shape index (κ2) is 3.96. The van der Waals surface area contributed by atoms with E-state index in [-0.39, 0.29) is 11.4 Å². The second-order valence-electron chi connectivity index (χ2n) is 3.20. The van der Waals surface area contributed by atoms with E-state index in [1.807, 2.05) is 0 Å². The van der Waals surface area contributed by atoms with Gasteiger partial charge < -0.3 is 5.11 Å². The molecule has 76 valence electrons. The molecular weight excluding hydrogens is 192 g/mol. The highest BCUT2D eigenvalue weighted by atomic mass is 16.3. The van der Waals surface area contributed by atoms with Crippen LogP contribution in [0, 0.1) is 0 Å². The van der Waals surface area contributed by atoms with E-state index in [2.05, 4.69) is 4.98 Å². The molecule has 0 atom stereocenters. The van der Waals surface area contributed by atoms with Crippen LogP contribution in [-0.2, 0) is 6.54 Å². The first-order valence-electron chi connectivity index (χ1n) is 4.55. The summed E-state index contributed by atoms with van der Waals surface area (Å²) in [4.78, 5) is 14.9. The fourth-order valence-corrected chi connectivity index (χ4v) is 1.31. The average molecular weight is 202 g/mol. The average Bonchev–Trinajstić information content (AvgIpc) is 2.25.